The molecular weight excluding hydrogens is 182 g/mol. The van der Waals surface area contributed by atoms with E-state index in [2.05, 4.69) is 19.2 Å². The fourth-order valence-electron chi connectivity index (χ4n) is 3.03. The van der Waals surface area contributed by atoms with Crippen molar-refractivity contribution in [1.82, 2.24) is 5.32 Å². The first kappa shape index (κ1) is 11.4. The van der Waals surface area contributed by atoms with Crippen LogP contribution in [0.4, 0.5) is 0 Å². The molecule has 0 bridgehead atoms. The Hall–Kier alpha value is -0.0400. The molecule has 1 N–H and O–H groups in total. The van der Waals surface area contributed by atoms with E-state index in [0.717, 1.165) is 11.8 Å². The van der Waals surface area contributed by atoms with Crippen LogP contribution in [-0.4, -0.2) is 12.1 Å². The van der Waals surface area contributed by atoms with Crippen LogP contribution in [0.2, 0.25) is 0 Å². The summed E-state index contributed by atoms with van der Waals surface area (Å²) in [5.74, 6) is 1.89. The van der Waals surface area contributed by atoms with E-state index in [-0.39, 0.29) is 0 Å². The van der Waals surface area contributed by atoms with E-state index in [1.807, 2.05) is 0 Å². The van der Waals surface area contributed by atoms with Gasteiger partial charge in [0.1, 0.15) is 0 Å². The van der Waals surface area contributed by atoms with Crippen LogP contribution in [0.25, 0.3) is 0 Å². The van der Waals surface area contributed by atoms with Gasteiger partial charge in [-0.2, -0.15) is 0 Å². The van der Waals surface area contributed by atoms with Crippen molar-refractivity contribution in [3.05, 3.63) is 0 Å². The average molecular weight is 209 g/mol. The zero-order valence-electron chi connectivity index (χ0n) is 10.5. The Labute approximate surface area is 95.0 Å². The van der Waals surface area contributed by atoms with E-state index in [1.54, 1.807) is 0 Å². The van der Waals surface area contributed by atoms with Gasteiger partial charge in [-0.25, -0.2) is 0 Å². The molecule has 88 valence electrons. The summed E-state index contributed by atoms with van der Waals surface area (Å²) in [6.07, 6.45) is 11.6. The molecule has 1 atom stereocenters. The summed E-state index contributed by atoms with van der Waals surface area (Å²) in [5.41, 5.74) is 0.485. The lowest BCUT2D eigenvalue weighted by Gasteiger charge is -2.38. The molecule has 0 aromatic heterocycles. The van der Waals surface area contributed by atoms with Gasteiger partial charge < -0.3 is 5.32 Å². The van der Waals surface area contributed by atoms with Crippen LogP contribution in [0, 0.1) is 11.8 Å². The van der Waals surface area contributed by atoms with Crippen LogP contribution in [0.15, 0.2) is 0 Å². The van der Waals surface area contributed by atoms with Gasteiger partial charge in [-0.05, 0) is 44.1 Å². The van der Waals surface area contributed by atoms with E-state index >= 15 is 0 Å². The minimum absolute atomic E-state index is 0.485. The Bertz CT molecular complexity index is 186. The maximum Gasteiger partial charge on any atom is 0.0204 e. The van der Waals surface area contributed by atoms with E-state index < -0.39 is 0 Å². The third-order valence-electron chi connectivity index (χ3n) is 4.58. The Morgan fingerprint density at radius 1 is 1.20 bits per heavy atom. The van der Waals surface area contributed by atoms with Gasteiger partial charge in [0.05, 0.1) is 0 Å². The molecule has 0 aromatic rings. The molecule has 1 nitrogen and oxygen atoms in total. The van der Waals surface area contributed by atoms with Crippen molar-refractivity contribution < 1.29 is 0 Å². The molecule has 0 spiro atoms. The topological polar surface area (TPSA) is 12.0 Å². The summed E-state index contributed by atoms with van der Waals surface area (Å²) in [6, 6.07) is 0. The highest BCUT2D eigenvalue weighted by Crippen LogP contribution is 2.39. The Balaban J connectivity index is 1.92. The van der Waals surface area contributed by atoms with Gasteiger partial charge in [0.25, 0.3) is 0 Å². The predicted octanol–water partition coefficient (Wildman–Crippen LogP) is 3.74. The van der Waals surface area contributed by atoms with Crippen LogP contribution >= 0.6 is 0 Å². The van der Waals surface area contributed by atoms with Crippen LogP contribution < -0.4 is 5.32 Å². The maximum atomic E-state index is 3.88. The van der Waals surface area contributed by atoms with Gasteiger partial charge in [-0.15, -0.1) is 0 Å². The molecule has 1 saturated heterocycles. The van der Waals surface area contributed by atoms with Crippen molar-refractivity contribution in [2.75, 3.05) is 6.54 Å². The summed E-state index contributed by atoms with van der Waals surface area (Å²) in [5, 5.41) is 3.88. The predicted molar refractivity (Wildman–Crippen MR) is 66.0 cm³/mol. The van der Waals surface area contributed by atoms with E-state index in [9.17, 15) is 0 Å². The summed E-state index contributed by atoms with van der Waals surface area (Å²) in [4.78, 5) is 0. The highest BCUT2D eigenvalue weighted by molar-refractivity contribution is 4.93. The lowest BCUT2D eigenvalue weighted by molar-refractivity contribution is 0.203. The van der Waals surface area contributed by atoms with Gasteiger partial charge in [-0.1, -0.05) is 39.5 Å². The van der Waals surface area contributed by atoms with Crippen molar-refractivity contribution in [2.24, 2.45) is 11.8 Å². The van der Waals surface area contributed by atoms with Crippen LogP contribution in [0.3, 0.4) is 0 Å². The maximum absolute atomic E-state index is 3.88. The van der Waals surface area contributed by atoms with E-state index in [4.69, 9.17) is 0 Å². The van der Waals surface area contributed by atoms with Gasteiger partial charge in [0, 0.05) is 5.54 Å². The molecule has 0 radical (unpaired) electrons. The largest absolute Gasteiger partial charge is 0.311 e. The second kappa shape index (κ2) is 4.86. The normalized spacial score (nSPS) is 33.0. The molecule has 1 unspecified atom stereocenters. The van der Waals surface area contributed by atoms with Crippen molar-refractivity contribution in [1.29, 1.82) is 0 Å². The lowest BCUT2D eigenvalue weighted by Crippen LogP contribution is -2.49. The Morgan fingerprint density at radius 2 is 2.00 bits per heavy atom. The van der Waals surface area contributed by atoms with Crippen molar-refractivity contribution >= 4 is 0 Å². The zero-order chi connectivity index (χ0) is 10.7. The molecule has 0 amide bonds. The number of rotatable bonds is 4. The molecule has 1 saturated carbocycles. The summed E-state index contributed by atoms with van der Waals surface area (Å²) >= 11 is 0. The number of hydrogen-bond acceptors (Lipinski definition) is 1. The third-order valence-corrected chi connectivity index (χ3v) is 4.58. The first-order valence-electron chi connectivity index (χ1n) is 6.98. The molecular formula is C14H27N. The standard InChI is InChI=1S/C14H27N/c1-12(2)14(10-8-13-6-7-13)9-4-3-5-11-15-14/h12-13,15H,3-11H2,1-2H3. The molecule has 0 aromatic carbocycles. The SMILES string of the molecule is CC(C)C1(CCC2CC2)CCCCCN1. The Morgan fingerprint density at radius 3 is 2.67 bits per heavy atom. The first-order chi connectivity index (χ1) is 7.23. The summed E-state index contributed by atoms with van der Waals surface area (Å²) in [7, 11) is 0. The lowest BCUT2D eigenvalue weighted by atomic mass is 9.78. The first-order valence-corrected chi connectivity index (χ1v) is 6.98. The molecule has 2 rings (SSSR count). The second-order valence-corrected chi connectivity index (χ2v) is 6.03. The fourth-order valence-corrected chi connectivity index (χ4v) is 3.03. The third kappa shape index (κ3) is 2.96. The smallest absolute Gasteiger partial charge is 0.0204 e. The zero-order valence-corrected chi connectivity index (χ0v) is 10.5. The van der Waals surface area contributed by atoms with Gasteiger partial charge in [-0.3, -0.25) is 0 Å². The molecule has 2 aliphatic rings. The number of hydrogen-bond donors (Lipinski definition) is 1. The summed E-state index contributed by atoms with van der Waals surface area (Å²) in [6.45, 7) is 6.07. The minimum Gasteiger partial charge on any atom is -0.311 e. The van der Waals surface area contributed by atoms with Crippen molar-refractivity contribution in [2.45, 2.75) is 70.8 Å². The fraction of sp³-hybridized carbons (Fsp3) is 1.00. The van der Waals surface area contributed by atoms with E-state index in [0.29, 0.717) is 5.54 Å². The molecule has 1 aliphatic heterocycles. The Kier molecular flexibility index (Phi) is 3.71. The molecule has 1 aliphatic carbocycles. The quantitative estimate of drug-likeness (QED) is 0.744. The molecule has 2 fully saturated rings. The number of nitrogens with one attached hydrogen (secondary N) is 1. The molecule has 15 heavy (non-hydrogen) atoms. The molecule has 1 heterocycles. The highest BCUT2D eigenvalue weighted by Gasteiger charge is 2.35. The second-order valence-electron chi connectivity index (χ2n) is 6.03. The average Bonchev–Trinajstić information content (AvgIpc) is 3.03. The van der Waals surface area contributed by atoms with Gasteiger partial charge in [0.15, 0.2) is 0 Å². The minimum atomic E-state index is 0.485. The van der Waals surface area contributed by atoms with Gasteiger partial charge in [0.2, 0.25) is 0 Å². The van der Waals surface area contributed by atoms with Crippen LogP contribution in [-0.2, 0) is 0 Å². The van der Waals surface area contributed by atoms with Crippen LogP contribution in [0.1, 0.15) is 65.2 Å². The molecule has 1 heteroatoms. The van der Waals surface area contributed by atoms with Crippen LogP contribution in [0.5, 0.6) is 0 Å². The van der Waals surface area contributed by atoms with Crippen molar-refractivity contribution in [3.63, 3.8) is 0 Å². The van der Waals surface area contributed by atoms with Crippen molar-refractivity contribution in [3.8, 4) is 0 Å². The highest BCUT2D eigenvalue weighted by atomic mass is 15.0. The van der Waals surface area contributed by atoms with Gasteiger partial charge >= 0.3 is 0 Å². The summed E-state index contributed by atoms with van der Waals surface area (Å²) < 4.78 is 0. The van der Waals surface area contributed by atoms with E-state index in [1.165, 1.54) is 57.9 Å². The monoisotopic (exact) mass is 209 g/mol.